The molecule has 0 aliphatic heterocycles. The van der Waals surface area contributed by atoms with Crippen LogP contribution in [-0.4, -0.2) is 23.1 Å². The van der Waals surface area contributed by atoms with Gasteiger partial charge in [-0.3, -0.25) is 0 Å². The van der Waals surface area contributed by atoms with E-state index in [0.29, 0.717) is 17.1 Å². The fourth-order valence-electron chi connectivity index (χ4n) is 2.81. The largest absolute Gasteiger partial charge is 0.478 e. The normalized spacial score (nSPS) is 11.8. The van der Waals surface area contributed by atoms with Gasteiger partial charge in [-0.05, 0) is 42.8 Å². The second kappa shape index (κ2) is 8.71. The highest BCUT2D eigenvalue weighted by Crippen LogP contribution is 2.33. The number of thiazole rings is 1. The van der Waals surface area contributed by atoms with Crippen molar-refractivity contribution in [1.29, 1.82) is 0 Å². The van der Waals surface area contributed by atoms with E-state index in [0.717, 1.165) is 40.0 Å². The van der Waals surface area contributed by atoms with Crippen LogP contribution in [0.3, 0.4) is 0 Å². The standard InChI is InChI=1S/C22H19F3N2O2S/c1-14-19(13-27(2)18-10-3-15(4-11-18)5-12-20(28)29)30-21(26-14)16-6-8-17(9-7-16)22(23,24)25/h3-12H,13H2,1-2H3,(H,28,29)/b12-5+. The molecule has 0 radical (unpaired) electrons. The molecule has 0 saturated carbocycles. The molecule has 1 aromatic heterocycles. The summed E-state index contributed by atoms with van der Waals surface area (Å²) in [6.45, 7) is 2.47. The van der Waals surface area contributed by atoms with Crippen LogP contribution >= 0.6 is 11.3 Å². The summed E-state index contributed by atoms with van der Waals surface area (Å²) >= 11 is 1.45. The van der Waals surface area contributed by atoms with Crippen LogP contribution in [0, 0.1) is 6.92 Å². The number of carbonyl (C=O) groups is 1. The predicted octanol–water partition coefficient (Wildman–Crippen LogP) is 5.87. The van der Waals surface area contributed by atoms with Gasteiger partial charge in [0.05, 0.1) is 17.8 Å². The Labute approximate surface area is 175 Å². The molecule has 0 fully saturated rings. The molecule has 0 spiro atoms. The lowest BCUT2D eigenvalue weighted by molar-refractivity contribution is -0.137. The van der Waals surface area contributed by atoms with Crippen molar-refractivity contribution in [3.05, 3.63) is 76.3 Å². The van der Waals surface area contributed by atoms with Gasteiger partial charge in [-0.15, -0.1) is 11.3 Å². The monoisotopic (exact) mass is 432 g/mol. The molecule has 0 unspecified atom stereocenters. The first kappa shape index (κ1) is 21.6. The lowest BCUT2D eigenvalue weighted by atomic mass is 10.1. The number of carboxylic acids is 1. The number of benzene rings is 2. The predicted molar refractivity (Wildman–Crippen MR) is 113 cm³/mol. The lowest BCUT2D eigenvalue weighted by Gasteiger charge is -2.18. The van der Waals surface area contributed by atoms with Crippen LogP contribution in [0.2, 0.25) is 0 Å². The first-order valence-corrected chi connectivity index (χ1v) is 9.81. The van der Waals surface area contributed by atoms with Crippen molar-refractivity contribution >= 4 is 29.1 Å². The van der Waals surface area contributed by atoms with Gasteiger partial charge >= 0.3 is 12.1 Å². The minimum Gasteiger partial charge on any atom is -0.478 e. The third-order valence-corrected chi connectivity index (χ3v) is 5.68. The summed E-state index contributed by atoms with van der Waals surface area (Å²) in [6.07, 6.45) is -1.75. The lowest BCUT2D eigenvalue weighted by Crippen LogP contribution is -2.16. The number of hydrogen-bond donors (Lipinski definition) is 1. The average Bonchev–Trinajstić information content (AvgIpc) is 3.06. The van der Waals surface area contributed by atoms with Crippen LogP contribution in [0.5, 0.6) is 0 Å². The summed E-state index contributed by atoms with van der Waals surface area (Å²) in [5.41, 5.74) is 2.54. The Kier molecular flexibility index (Phi) is 6.26. The third-order valence-electron chi connectivity index (χ3n) is 4.48. The smallest absolute Gasteiger partial charge is 0.416 e. The Hall–Kier alpha value is -3.13. The molecule has 0 bridgehead atoms. The van der Waals surface area contributed by atoms with Gasteiger partial charge in [0, 0.05) is 29.3 Å². The number of aryl methyl sites for hydroxylation is 1. The number of alkyl halides is 3. The number of carboxylic acid groups (broad SMARTS) is 1. The van der Waals surface area contributed by atoms with E-state index in [4.69, 9.17) is 5.11 Å². The zero-order valence-electron chi connectivity index (χ0n) is 16.3. The summed E-state index contributed by atoms with van der Waals surface area (Å²) in [4.78, 5) is 18.2. The van der Waals surface area contributed by atoms with Crippen molar-refractivity contribution in [2.75, 3.05) is 11.9 Å². The van der Waals surface area contributed by atoms with E-state index in [-0.39, 0.29) is 0 Å². The maximum atomic E-state index is 12.7. The summed E-state index contributed by atoms with van der Waals surface area (Å²) < 4.78 is 38.2. The molecule has 0 aliphatic rings. The van der Waals surface area contributed by atoms with Gasteiger partial charge in [0.25, 0.3) is 0 Å². The molecular weight excluding hydrogens is 413 g/mol. The van der Waals surface area contributed by atoms with Crippen LogP contribution in [0.4, 0.5) is 18.9 Å². The highest BCUT2D eigenvalue weighted by molar-refractivity contribution is 7.15. The first-order chi connectivity index (χ1) is 14.1. The molecule has 3 rings (SSSR count). The summed E-state index contributed by atoms with van der Waals surface area (Å²) in [5, 5.41) is 9.37. The molecule has 0 amide bonds. The van der Waals surface area contributed by atoms with E-state index in [1.165, 1.54) is 29.5 Å². The van der Waals surface area contributed by atoms with Gasteiger partial charge < -0.3 is 10.0 Å². The highest BCUT2D eigenvalue weighted by Gasteiger charge is 2.30. The molecule has 0 atom stereocenters. The summed E-state index contributed by atoms with van der Waals surface area (Å²) in [6, 6.07) is 12.5. The first-order valence-electron chi connectivity index (χ1n) is 8.99. The molecule has 1 N–H and O–H groups in total. The van der Waals surface area contributed by atoms with Gasteiger partial charge in [0.2, 0.25) is 0 Å². The van der Waals surface area contributed by atoms with Gasteiger partial charge in [0.15, 0.2) is 0 Å². The van der Waals surface area contributed by atoms with Crippen LogP contribution in [0.25, 0.3) is 16.6 Å². The van der Waals surface area contributed by atoms with Crippen molar-refractivity contribution in [3.63, 3.8) is 0 Å². The van der Waals surface area contributed by atoms with E-state index >= 15 is 0 Å². The SMILES string of the molecule is Cc1nc(-c2ccc(C(F)(F)F)cc2)sc1CN(C)c1ccc(/C=C/C(=O)O)cc1. The molecule has 0 saturated heterocycles. The van der Waals surface area contributed by atoms with Crippen molar-refractivity contribution < 1.29 is 23.1 Å². The maximum Gasteiger partial charge on any atom is 0.416 e. The molecule has 156 valence electrons. The Balaban J connectivity index is 1.73. The number of nitrogens with zero attached hydrogens (tertiary/aromatic N) is 2. The molecule has 2 aromatic carbocycles. The number of rotatable bonds is 6. The Morgan fingerprint density at radius 1 is 1.13 bits per heavy atom. The summed E-state index contributed by atoms with van der Waals surface area (Å²) in [7, 11) is 1.93. The second-order valence-corrected chi connectivity index (χ2v) is 7.81. The molecule has 4 nitrogen and oxygen atoms in total. The van der Waals surface area contributed by atoms with Gasteiger partial charge in [-0.25, -0.2) is 9.78 Å². The van der Waals surface area contributed by atoms with E-state index in [1.54, 1.807) is 0 Å². The van der Waals surface area contributed by atoms with Crippen molar-refractivity contribution in [3.8, 4) is 10.6 Å². The second-order valence-electron chi connectivity index (χ2n) is 6.72. The number of halogens is 3. The molecule has 8 heteroatoms. The third kappa shape index (κ3) is 5.27. The Morgan fingerprint density at radius 2 is 1.77 bits per heavy atom. The zero-order valence-corrected chi connectivity index (χ0v) is 17.1. The Morgan fingerprint density at radius 3 is 2.33 bits per heavy atom. The minimum atomic E-state index is -4.36. The van der Waals surface area contributed by atoms with Crippen molar-refractivity contribution in [2.24, 2.45) is 0 Å². The molecule has 0 aliphatic carbocycles. The van der Waals surface area contributed by atoms with Gasteiger partial charge in [-0.1, -0.05) is 24.3 Å². The fourth-order valence-corrected chi connectivity index (χ4v) is 3.94. The number of aliphatic carboxylic acids is 1. The van der Waals surface area contributed by atoms with E-state index in [2.05, 4.69) is 4.98 Å². The summed E-state index contributed by atoms with van der Waals surface area (Å²) in [5.74, 6) is -0.999. The number of hydrogen-bond acceptors (Lipinski definition) is 4. The minimum absolute atomic E-state index is 0.592. The van der Waals surface area contributed by atoms with E-state index in [1.807, 2.05) is 43.1 Å². The topological polar surface area (TPSA) is 53.4 Å². The van der Waals surface area contributed by atoms with Gasteiger partial charge in [-0.2, -0.15) is 13.2 Å². The molecule has 30 heavy (non-hydrogen) atoms. The van der Waals surface area contributed by atoms with Crippen LogP contribution in [-0.2, 0) is 17.5 Å². The molecule has 1 heterocycles. The Bertz CT molecular complexity index is 1060. The van der Waals surface area contributed by atoms with Crippen LogP contribution in [0.15, 0.2) is 54.6 Å². The quantitative estimate of drug-likeness (QED) is 0.495. The maximum absolute atomic E-state index is 12.7. The van der Waals surface area contributed by atoms with Crippen LogP contribution in [0.1, 0.15) is 21.7 Å². The number of aromatic nitrogens is 1. The molecular formula is C22H19F3N2O2S. The van der Waals surface area contributed by atoms with E-state index < -0.39 is 17.7 Å². The zero-order chi connectivity index (χ0) is 21.9. The van der Waals surface area contributed by atoms with E-state index in [9.17, 15) is 18.0 Å². The fraction of sp³-hybridized carbons (Fsp3) is 0.182. The number of anilines is 1. The average molecular weight is 432 g/mol. The van der Waals surface area contributed by atoms with Crippen LogP contribution < -0.4 is 4.90 Å². The van der Waals surface area contributed by atoms with Gasteiger partial charge in [0.1, 0.15) is 5.01 Å². The molecule has 3 aromatic rings. The highest BCUT2D eigenvalue weighted by atomic mass is 32.1. The van der Waals surface area contributed by atoms with Crippen molar-refractivity contribution in [1.82, 2.24) is 4.98 Å². The van der Waals surface area contributed by atoms with Crippen molar-refractivity contribution in [2.45, 2.75) is 19.6 Å².